The topological polar surface area (TPSA) is 165 Å². The lowest BCUT2D eigenvalue weighted by Gasteiger charge is -2.22. The average molecular weight is 813 g/mol. The van der Waals surface area contributed by atoms with Crippen molar-refractivity contribution in [2.45, 2.75) is 36.7 Å². The standard InChI is InChI=1S/C44H40N6O6S2/c1-29-21-39(15-19-43(29)47-45-37-13-9-35-25-41(57(51,52)53)17-11-33(35)23-37)49(3)27-31-5-7-32(8-6-31)28-50(4)40-16-20-44(30(2)22-40)48-46-38-14-10-36-26-42(58(54,55)56)18-12-34(36)24-38/h5-26H,27-28H2,1-4H3,(H,51,52,53)(H,54,55,56). The summed E-state index contributed by atoms with van der Waals surface area (Å²) in [6.07, 6.45) is 0. The van der Waals surface area contributed by atoms with Crippen molar-refractivity contribution in [1.29, 1.82) is 0 Å². The molecule has 0 atom stereocenters. The second-order valence-corrected chi connectivity index (χ2v) is 17.0. The summed E-state index contributed by atoms with van der Waals surface area (Å²) in [6, 6.07) is 40.1. The molecule has 0 bridgehead atoms. The van der Waals surface area contributed by atoms with E-state index in [-0.39, 0.29) is 9.79 Å². The molecule has 0 aromatic heterocycles. The molecule has 0 saturated heterocycles. The Morgan fingerprint density at radius 1 is 0.448 bits per heavy atom. The molecule has 0 fully saturated rings. The van der Waals surface area contributed by atoms with Crippen LogP contribution in [0.15, 0.2) is 164 Å². The number of anilines is 2. The van der Waals surface area contributed by atoms with Crippen molar-refractivity contribution < 1.29 is 25.9 Å². The summed E-state index contributed by atoms with van der Waals surface area (Å²) >= 11 is 0. The summed E-state index contributed by atoms with van der Waals surface area (Å²) in [4.78, 5) is 4.06. The minimum atomic E-state index is -4.28. The van der Waals surface area contributed by atoms with Crippen molar-refractivity contribution >= 4 is 75.9 Å². The Bertz CT molecular complexity index is 2770. The van der Waals surface area contributed by atoms with Crippen LogP contribution in [0.5, 0.6) is 0 Å². The molecule has 0 radical (unpaired) electrons. The van der Waals surface area contributed by atoms with Gasteiger partial charge < -0.3 is 9.80 Å². The summed E-state index contributed by atoms with van der Waals surface area (Å²) in [7, 11) is -4.44. The third-order valence-electron chi connectivity index (χ3n) is 9.84. The molecule has 0 spiro atoms. The number of azo groups is 2. The van der Waals surface area contributed by atoms with Crippen LogP contribution in [0.2, 0.25) is 0 Å². The summed E-state index contributed by atoms with van der Waals surface area (Å²) in [5.41, 5.74) is 9.13. The summed E-state index contributed by atoms with van der Waals surface area (Å²) < 4.78 is 64.5. The van der Waals surface area contributed by atoms with Gasteiger partial charge in [0.25, 0.3) is 20.2 Å². The van der Waals surface area contributed by atoms with E-state index in [1.54, 1.807) is 36.4 Å². The Labute approximate surface area is 337 Å². The number of benzene rings is 7. The van der Waals surface area contributed by atoms with Crippen LogP contribution in [-0.2, 0) is 33.3 Å². The first-order valence-electron chi connectivity index (χ1n) is 18.2. The lowest BCUT2D eigenvalue weighted by molar-refractivity contribution is 0.481. The highest BCUT2D eigenvalue weighted by atomic mass is 32.2. The SMILES string of the molecule is Cc1cc(N(C)Cc2ccc(CN(C)c3ccc(N=Nc4ccc5cc(S(=O)(=O)O)ccc5c4)c(C)c3)cc2)ccc1N=Nc1ccc2cc(S(=O)(=O)O)ccc2c1. The largest absolute Gasteiger partial charge is 0.370 e. The van der Waals surface area contributed by atoms with Crippen LogP contribution in [0.1, 0.15) is 22.3 Å². The van der Waals surface area contributed by atoms with Gasteiger partial charge in [-0.2, -0.15) is 37.3 Å². The van der Waals surface area contributed by atoms with Crippen LogP contribution >= 0.6 is 0 Å². The fraction of sp³-hybridized carbons (Fsp3) is 0.136. The van der Waals surface area contributed by atoms with E-state index in [9.17, 15) is 25.9 Å². The van der Waals surface area contributed by atoms with Crippen LogP contribution in [0, 0.1) is 13.8 Å². The smallest absolute Gasteiger partial charge is 0.294 e. The minimum absolute atomic E-state index is 0.153. The molecule has 12 nitrogen and oxygen atoms in total. The summed E-state index contributed by atoms with van der Waals surface area (Å²) in [5.74, 6) is 0. The zero-order chi connectivity index (χ0) is 41.2. The second kappa shape index (κ2) is 16.3. The number of fused-ring (bicyclic) bond motifs is 2. The van der Waals surface area contributed by atoms with E-state index >= 15 is 0 Å². The number of rotatable bonds is 12. The monoisotopic (exact) mass is 812 g/mol. The quantitative estimate of drug-likeness (QED) is 0.0909. The maximum atomic E-state index is 11.5. The van der Waals surface area contributed by atoms with Crippen LogP contribution in [0.25, 0.3) is 21.5 Å². The van der Waals surface area contributed by atoms with Crippen LogP contribution in [0.4, 0.5) is 34.1 Å². The van der Waals surface area contributed by atoms with E-state index in [1.165, 1.54) is 35.4 Å². The van der Waals surface area contributed by atoms with E-state index in [1.807, 2.05) is 50.2 Å². The summed E-state index contributed by atoms with van der Waals surface area (Å²) in [6.45, 7) is 5.43. The van der Waals surface area contributed by atoms with Gasteiger partial charge in [-0.3, -0.25) is 9.11 Å². The first kappa shape index (κ1) is 39.9. The van der Waals surface area contributed by atoms with Crippen molar-refractivity contribution in [1.82, 2.24) is 0 Å². The lowest BCUT2D eigenvalue weighted by atomic mass is 10.1. The molecule has 0 aliphatic heterocycles. The molecule has 294 valence electrons. The molecule has 7 rings (SSSR count). The molecule has 14 heteroatoms. The molecule has 0 amide bonds. The molecule has 0 saturated carbocycles. The zero-order valence-electron chi connectivity index (χ0n) is 32.1. The average Bonchev–Trinajstić information content (AvgIpc) is 3.19. The van der Waals surface area contributed by atoms with Crippen molar-refractivity contribution in [2.75, 3.05) is 23.9 Å². The summed E-state index contributed by atoms with van der Waals surface area (Å²) in [5, 5.41) is 20.6. The van der Waals surface area contributed by atoms with Crippen LogP contribution in [0.3, 0.4) is 0 Å². The van der Waals surface area contributed by atoms with Gasteiger partial charge in [0.05, 0.1) is 32.5 Å². The van der Waals surface area contributed by atoms with E-state index in [0.717, 1.165) is 57.7 Å². The van der Waals surface area contributed by atoms with E-state index in [0.29, 0.717) is 22.1 Å². The Morgan fingerprint density at radius 3 is 1.17 bits per heavy atom. The number of hydrogen-bond donors (Lipinski definition) is 2. The van der Waals surface area contributed by atoms with Gasteiger partial charge in [-0.15, -0.1) is 0 Å². The minimum Gasteiger partial charge on any atom is -0.370 e. The Balaban J connectivity index is 0.936. The number of hydrogen-bond acceptors (Lipinski definition) is 10. The zero-order valence-corrected chi connectivity index (χ0v) is 33.8. The van der Waals surface area contributed by atoms with Gasteiger partial charge in [-0.25, -0.2) is 0 Å². The maximum absolute atomic E-state index is 11.5. The lowest BCUT2D eigenvalue weighted by Crippen LogP contribution is -2.17. The van der Waals surface area contributed by atoms with Crippen LogP contribution < -0.4 is 9.80 Å². The Kier molecular flexibility index (Phi) is 11.2. The maximum Gasteiger partial charge on any atom is 0.294 e. The first-order chi connectivity index (χ1) is 27.6. The predicted molar refractivity (Wildman–Crippen MR) is 229 cm³/mol. The molecule has 0 aliphatic carbocycles. The molecule has 0 unspecified atom stereocenters. The molecule has 7 aromatic carbocycles. The molecule has 2 N–H and O–H groups in total. The fourth-order valence-corrected chi connectivity index (χ4v) is 7.58. The first-order valence-corrected chi connectivity index (χ1v) is 21.0. The van der Waals surface area contributed by atoms with Gasteiger partial charge in [0.1, 0.15) is 0 Å². The molecule has 7 aromatic rings. The van der Waals surface area contributed by atoms with E-state index in [2.05, 4.69) is 80.8 Å². The molecule has 0 heterocycles. The van der Waals surface area contributed by atoms with Crippen molar-refractivity contribution in [3.05, 3.63) is 156 Å². The van der Waals surface area contributed by atoms with Crippen molar-refractivity contribution in [3.8, 4) is 0 Å². The third kappa shape index (κ3) is 9.44. The fourth-order valence-electron chi connectivity index (χ4n) is 6.55. The molecule has 58 heavy (non-hydrogen) atoms. The van der Waals surface area contributed by atoms with Crippen LogP contribution in [-0.4, -0.2) is 40.0 Å². The normalized spacial score (nSPS) is 12.2. The molecular formula is C44H40N6O6S2. The van der Waals surface area contributed by atoms with Gasteiger partial charge in [-0.05, 0) is 143 Å². The third-order valence-corrected chi connectivity index (χ3v) is 11.5. The van der Waals surface area contributed by atoms with Gasteiger partial charge in [0, 0.05) is 38.6 Å². The predicted octanol–water partition coefficient (Wildman–Crippen LogP) is 11.2. The Hall–Kier alpha value is -6.32. The van der Waals surface area contributed by atoms with E-state index < -0.39 is 20.2 Å². The highest BCUT2D eigenvalue weighted by molar-refractivity contribution is 7.86. The molecular weight excluding hydrogens is 773 g/mol. The number of nitrogens with zero attached hydrogens (tertiary/aromatic N) is 6. The van der Waals surface area contributed by atoms with Crippen molar-refractivity contribution in [2.24, 2.45) is 20.5 Å². The van der Waals surface area contributed by atoms with E-state index in [4.69, 9.17) is 0 Å². The van der Waals surface area contributed by atoms with Crippen molar-refractivity contribution in [3.63, 3.8) is 0 Å². The van der Waals surface area contributed by atoms with Gasteiger partial charge in [-0.1, -0.05) is 48.5 Å². The van der Waals surface area contributed by atoms with Gasteiger partial charge in [0.15, 0.2) is 0 Å². The van der Waals surface area contributed by atoms with Gasteiger partial charge >= 0.3 is 0 Å². The Morgan fingerprint density at radius 2 is 0.810 bits per heavy atom. The molecule has 0 aliphatic rings. The second-order valence-electron chi connectivity index (χ2n) is 14.2. The highest BCUT2D eigenvalue weighted by Gasteiger charge is 2.12. The number of aryl methyl sites for hydroxylation is 2. The highest BCUT2D eigenvalue weighted by Crippen LogP contribution is 2.31. The van der Waals surface area contributed by atoms with Gasteiger partial charge in [0.2, 0.25) is 0 Å².